The highest BCUT2D eigenvalue weighted by Crippen LogP contribution is 2.24. The van der Waals surface area contributed by atoms with E-state index >= 15 is 0 Å². The molecule has 1 N–H and O–H groups in total. The second-order valence-corrected chi connectivity index (χ2v) is 7.23. The van der Waals surface area contributed by atoms with Crippen LogP contribution in [0, 0.1) is 0 Å². The largest absolute Gasteiger partial charge is 0.347 e. The van der Waals surface area contributed by atoms with Gasteiger partial charge in [-0.3, -0.25) is 19.3 Å². The van der Waals surface area contributed by atoms with Crippen LogP contribution in [0.3, 0.4) is 0 Å². The molecule has 5 nitrogen and oxygen atoms in total. The summed E-state index contributed by atoms with van der Waals surface area (Å²) in [6.07, 6.45) is 0. The fourth-order valence-corrected chi connectivity index (χ4v) is 3.65. The third-order valence-corrected chi connectivity index (χ3v) is 5.31. The molecule has 0 saturated heterocycles. The predicted octanol–water partition coefficient (Wildman–Crippen LogP) is 3.47. The van der Waals surface area contributed by atoms with Crippen LogP contribution in [-0.4, -0.2) is 22.6 Å². The van der Waals surface area contributed by atoms with Crippen molar-refractivity contribution in [1.29, 1.82) is 0 Å². The summed E-state index contributed by atoms with van der Waals surface area (Å²) >= 11 is 1.59. The van der Waals surface area contributed by atoms with Crippen LogP contribution < -0.4 is 5.32 Å². The number of rotatable bonds is 5. The van der Waals surface area contributed by atoms with Crippen LogP contribution in [0.25, 0.3) is 0 Å². The number of hydrogen-bond acceptors (Lipinski definition) is 4. The van der Waals surface area contributed by atoms with E-state index in [1.54, 1.807) is 59.9 Å². The highest BCUT2D eigenvalue weighted by Gasteiger charge is 2.34. The van der Waals surface area contributed by atoms with E-state index in [1.165, 1.54) is 4.90 Å². The molecule has 3 aromatic rings. The maximum atomic E-state index is 12.4. The van der Waals surface area contributed by atoms with Gasteiger partial charge in [0.15, 0.2) is 0 Å². The van der Waals surface area contributed by atoms with Crippen molar-refractivity contribution in [3.63, 3.8) is 0 Å². The Morgan fingerprint density at radius 2 is 1.56 bits per heavy atom. The van der Waals surface area contributed by atoms with E-state index in [2.05, 4.69) is 5.32 Å². The minimum absolute atomic E-state index is 0.157. The van der Waals surface area contributed by atoms with E-state index in [4.69, 9.17) is 0 Å². The lowest BCUT2D eigenvalue weighted by Gasteiger charge is -2.14. The van der Waals surface area contributed by atoms with Gasteiger partial charge < -0.3 is 5.32 Å². The van der Waals surface area contributed by atoms with E-state index in [1.807, 2.05) is 17.5 Å². The van der Waals surface area contributed by atoms with Gasteiger partial charge in [-0.15, -0.1) is 11.3 Å². The Morgan fingerprint density at radius 3 is 2.15 bits per heavy atom. The quantitative estimate of drug-likeness (QED) is 0.694. The summed E-state index contributed by atoms with van der Waals surface area (Å²) in [6, 6.07) is 17.7. The van der Waals surface area contributed by atoms with Crippen LogP contribution >= 0.6 is 11.3 Å². The summed E-state index contributed by atoms with van der Waals surface area (Å²) in [7, 11) is 0. The second-order valence-electron chi connectivity index (χ2n) is 6.20. The molecular formula is C21H16N2O3S. The van der Waals surface area contributed by atoms with Gasteiger partial charge in [-0.05, 0) is 41.3 Å². The van der Waals surface area contributed by atoms with Gasteiger partial charge in [-0.2, -0.15) is 0 Å². The van der Waals surface area contributed by atoms with Gasteiger partial charge in [0.25, 0.3) is 17.7 Å². The molecule has 0 radical (unpaired) electrons. The zero-order valence-electron chi connectivity index (χ0n) is 14.3. The number of thiophene rings is 1. The molecule has 2 heterocycles. The van der Waals surface area contributed by atoms with Crippen molar-refractivity contribution in [2.75, 3.05) is 0 Å². The maximum Gasteiger partial charge on any atom is 0.261 e. The first kappa shape index (κ1) is 17.2. The van der Waals surface area contributed by atoms with Gasteiger partial charge in [0.05, 0.1) is 24.2 Å². The van der Waals surface area contributed by atoms with Crippen LogP contribution in [0.4, 0.5) is 0 Å². The molecule has 6 heteroatoms. The van der Waals surface area contributed by atoms with E-state index in [9.17, 15) is 14.4 Å². The Bertz CT molecular complexity index is 975. The summed E-state index contributed by atoms with van der Waals surface area (Å²) in [5, 5.41) is 4.84. The van der Waals surface area contributed by atoms with Crippen LogP contribution in [0.5, 0.6) is 0 Å². The molecule has 0 fully saturated rings. The van der Waals surface area contributed by atoms with Gasteiger partial charge in [0.2, 0.25) is 0 Å². The summed E-state index contributed by atoms with van der Waals surface area (Å²) in [5.74, 6) is -0.725. The zero-order valence-corrected chi connectivity index (χ0v) is 15.2. The van der Waals surface area contributed by atoms with Gasteiger partial charge in [0, 0.05) is 10.4 Å². The van der Waals surface area contributed by atoms with Crippen molar-refractivity contribution >= 4 is 29.1 Å². The van der Waals surface area contributed by atoms with Crippen LogP contribution in [0.2, 0.25) is 0 Å². The van der Waals surface area contributed by atoms with Crippen molar-refractivity contribution in [3.05, 3.63) is 93.2 Å². The lowest BCUT2D eigenvalue weighted by molar-refractivity contribution is 0.0642. The molecule has 1 aliphatic rings. The normalized spacial score (nSPS) is 13.0. The smallest absolute Gasteiger partial charge is 0.261 e. The third kappa shape index (κ3) is 3.39. The average molecular weight is 376 g/mol. The molecule has 27 heavy (non-hydrogen) atoms. The summed E-state index contributed by atoms with van der Waals surface area (Å²) in [5.41, 5.74) is 2.20. The number of imide groups is 1. The Labute approximate surface area is 160 Å². The molecule has 0 unspecified atom stereocenters. The Hall–Kier alpha value is -3.25. The number of benzene rings is 2. The molecule has 0 atom stereocenters. The minimum atomic E-state index is -0.284. The van der Waals surface area contributed by atoms with Crippen LogP contribution in [0.15, 0.2) is 66.0 Å². The molecule has 4 rings (SSSR count). The lowest BCUT2D eigenvalue weighted by Crippen LogP contribution is -2.29. The summed E-state index contributed by atoms with van der Waals surface area (Å²) in [4.78, 5) is 39.4. The van der Waals surface area contributed by atoms with Gasteiger partial charge in [-0.1, -0.05) is 30.3 Å². The average Bonchev–Trinajstić information content (AvgIpc) is 3.30. The number of fused-ring (bicyclic) bond motifs is 1. The van der Waals surface area contributed by atoms with Crippen LogP contribution in [-0.2, 0) is 13.1 Å². The predicted molar refractivity (Wildman–Crippen MR) is 103 cm³/mol. The van der Waals surface area contributed by atoms with Crippen molar-refractivity contribution in [1.82, 2.24) is 10.2 Å². The first-order chi connectivity index (χ1) is 13.1. The second kappa shape index (κ2) is 7.17. The molecule has 2 aromatic carbocycles. The van der Waals surface area contributed by atoms with Gasteiger partial charge >= 0.3 is 0 Å². The van der Waals surface area contributed by atoms with Crippen molar-refractivity contribution < 1.29 is 14.4 Å². The molecule has 134 valence electrons. The fourth-order valence-electron chi connectivity index (χ4n) is 3.01. The number of carbonyl (C=O) groups is 3. The van der Waals surface area contributed by atoms with Crippen molar-refractivity contribution in [2.45, 2.75) is 13.1 Å². The number of amides is 3. The number of nitrogens with zero attached hydrogens (tertiary/aromatic N) is 1. The maximum absolute atomic E-state index is 12.4. The van der Waals surface area contributed by atoms with Crippen molar-refractivity contribution in [2.24, 2.45) is 0 Å². The van der Waals surface area contributed by atoms with Gasteiger partial charge in [-0.25, -0.2) is 0 Å². The fraction of sp³-hybridized carbons (Fsp3) is 0.0952. The molecule has 1 aromatic heterocycles. The SMILES string of the molecule is O=C(NCc1cccs1)c1ccc(CN2C(=O)c3ccccc3C2=O)cc1. The Kier molecular flexibility index (Phi) is 4.56. The molecular weight excluding hydrogens is 360 g/mol. The van der Waals surface area contributed by atoms with E-state index in [-0.39, 0.29) is 24.3 Å². The van der Waals surface area contributed by atoms with E-state index < -0.39 is 0 Å². The number of nitrogens with one attached hydrogen (secondary N) is 1. The van der Waals surface area contributed by atoms with E-state index in [0.29, 0.717) is 23.2 Å². The Balaban J connectivity index is 1.42. The van der Waals surface area contributed by atoms with Crippen LogP contribution in [0.1, 0.15) is 41.5 Å². The molecule has 0 bridgehead atoms. The minimum Gasteiger partial charge on any atom is -0.347 e. The van der Waals surface area contributed by atoms with Crippen molar-refractivity contribution in [3.8, 4) is 0 Å². The third-order valence-electron chi connectivity index (χ3n) is 4.44. The van der Waals surface area contributed by atoms with Gasteiger partial charge in [0.1, 0.15) is 0 Å². The highest BCUT2D eigenvalue weighted by atomic mass is 32.1. The summed E-state index contributed by atoms with van der Waals surface area (Å²) < 4.78 is 0. The molecule has 0 spiro atoms. The Morgan fingerprint density at radius 1 is 0.889 bits per heavy atom. The molecule has 0 aliphatic carbocycles. The first-order valence-electron chi connectivity index (χ1n) is 8.48. The number of carbonyl (C=O) groups excluding carboxylic acids is 3. The lowest BCUT2D eigenvalue weighted by atomic mass is 10.1. The zero-order chi connectivity index (χ0) is 18.8. The molecule has 1 aliphatic heterocycles. The molecule has 0 saturated carbocycles. The topological polar surface area (TPSA) is 66.5 Å². The monoisotopic (exact) mass is 376 g/mol. The van der Waals surface area contributed by atoms with E-state index in [0.717, 1.165) is 10.4 Å². The summed E-state index contributed by atoms with van der Waals surface area (Å²) in [6.45, 7) is 0.677. The molecule has 3 amide bonds. The highest BCUT2D eigenvalue weighted by molar-refractivity contribution is 7.09. The standard InChI is InChI=1S/C21H16N2O3S/c24-19(22-12-16-4-3-11-27-16)15-9-7-14(8-10-15)13-23-20(25)17-5-1-2-6-18(17)21(23)26/h1-11H,12-13H2,(H,22,24). The first-order valence-corrected chi connectivity index (χ1v) is 9.36. The number of hydrogen-bond donors (Lipinski definition) is 1.